The van der Waals surface area contributed by atoms with Gasteiger partial charge in [0.25, 0.3) is 0 Å². The number of piperidine rings is 1. The Hall–Kier alpha value is -2.43. The molecule has 1 amide bonds. The summed E-state index contributed by atoms with van der Waals surface area (Å²) < 4.78 is 0. The number of carbonyl (C=O) groups excluding carboxylic acids is 1. The topological polar surface area (TPSA) is 58.1 Å². The third-order valence-corrected chi connectivity index (χ3v) is 6.21. The molecule has 2 heterocycles. The second-order valence-corrected chi connectivity index (χ2v) is 8.20. The molecule has 2 fully saturated rings. The Labute approximate surface area is 167 Å². The molecule has 1 saturated heterocycles. The molecule has 5 heteroatoms. The summed E-state index contributed by atoms with van der Waals surface area (Å²) in [4.78, 5) is 14.8. The van der Waals surface area contributed by atoms with Gasteiger partial charge in [0.15, 0.2) is 5.82 Å². The van der Waals surface area contributed by atoms with Crippen LogP contribution in [0.5, 0.6) is 0 Å². The van der Waals surface area contributed by atoms with E-state index in [1.165, 1.54) is 24.8 Å². The molecular weight excluding hydrogens is 348 g/mol. The number of hydrogen-bond acceptors (Lipinski definition) is 4. The van der Waals surface area contributed by atoms with Crippen LogP contribution in [0.1, 0.15) is 50.5 Å². The first-order valence-electron chi connectivity index (χ1n) is 10.7. The number of amides is 1. The minimum atomic E-state index is 0.136. The molecular formula is C23H30N4O. The molecule has 2 aromatic rings. The monoisotopic (exact) mass is 378 g/mol. The first-order valence-corrected chi connectivity index (χ1v) is 10.7. The Morgan fingerprint density at radius 1 is 0.964 bits per heavy atom. The summed E-state index contributed by atoms with van der Waals surface area (Å²) in [5, 5.41) is 12.2. The molecule has 28 heavy (non-hydrogen) atoms. The van der Waals surface area contributed by atoms with Gasteiger partial charge >= 0.3 is 0 Å². The summed E-state index contributed by atoms with van der Waals surface area (Å²) in [5.41, 5.74) is 3.23. The van der Waals surface area contributed by atoms with Crippen molar-refractivity contribution in [1.29, 1.82) is 0 Å². The van der Waals surface area contributed by atoms with Crippen LogP contribution in [-0.2, 0) is 4.79 Å². The molecule has 0 bridgehead atoms. The van der Waals surface area contributed by atoms with Gasteiger partial charge in [0, 0.05) is 30.6 Å². The molecule has 1 saturated carbocycles. The number of rotatable bonds is 4. The Kier molecular flexibility index (Phi) is 5.89. The first kappa shape index (κ1) is 18.9. The van der Waals surface area contributed by atoms with Gasteiger partial charge in [-0.1, -0.05) is 43.5 Å². The second-order valence-electron chi connectivity index (χ2n) is 8.20. The lowest BCUT2D eigenvalue weighted by Gasteiger charge is -2.33. The van der Waals surface area contributed by atoms with Crippen molar-refractivity contribution < 1.29 is 4.79 Å². The van der Waals surface area contributed by atoms with Crippen molar-refractivity contribution in [1.82, 2.24) is 15.5 Å². The van der Waals surface area contributed by atoms with E-state index in [0.717, 1.165) is 55.8 Å². The van der Waals surface area contributed by atoms with Gasteiger partial charge in [-0.15, -0.1) is 10.2 Å². The molecule has 4 rings (SSSR count). The molecule has 0 atom stereocenters. The highest BCUT2D eigenvalue weighted by Crippen LogP contribution is 2.25. The van der Waals surface area contributed by atoms with Crippen LogP contribution in [-0.4, -0.2) is 35.2 Å². The van der Waals surface area contributed by atoms with Crippen molar-refractivity contribution in [3.8, 4) is 11.3 Å². The van der Waals surface area contributed by atoms with E-state index in [9.17, 15) is 4.79 Å². The lowest BCUT2D eigenvalue weighted by Crippen LogP contribution is -2.44. The molecule has 1 aromatic carbocycles. The lowest BCUT2D eigenvalue weighted by molar-refractivity contribution is -0.126. The third-order valence-electron chi connectivity index (χ3n) is 6.21. The second kappa shape index (κ2) is 8.72. The predicted molar refractivity (Wildman–Crippen MR) is 112 cm³/mol. The zero-order valence-corrected chi connectivity index (χ0v) is 16.7. The van der Waals surface area contributed by atoms with Crippen LogP contribution in [0, 0.1) is 12.8 Å². The summed E-state index contributed by atoms with van der Waals surface area (Å²) in [6, 6.07) is 12.7. The maximum Gasteiger partial charge on any atom is 0.223 e. The molecule has 0 spiro atoms. The standard InChI is InChI=1S/C23H30N4O/c1-17-7-5-6-10-20(17)21-11-12-22(26-25-21)27-15-13-18(14-16-27)23(28)24-19-8-3-2-4-9-19/h5-7,10-12,18-19H,2-4,8-9,13-16H2,1H3,(H,24,28). The summed E-state index contributed by atoms with van der Waals surface area (Å²) in [5.74, 6) is 1.30. The normalized spacial score (nSPS) is 18.8. The van der Waals surface area contributed by atoms with Gasteiger partial charge in [-0.05, 0) is 50.3 Å². The highest BCUT2D eigenvalue weighted by molar-refractivity contribution is 5.79. The fourth-order valence-electron chi connectivity index (χ4n) is 4.43. The number of hydrogen-bond donors (Lipinski definition) is 1. The van der Waals surface area contributed by atoms with Crippen LogP contribution in [0.15, 0.2) is 36.4 Å². The zero-order valence-electron chi connectivity index (χ0n) is 16.7. The van der Waals surface area contributed by atoms with Gasteiger partial charge in [0.2, 0.25) is 5.91 Å². The lowest BCUT2D eigenvalue weighted by atomic mass is 9.92. The highest BCUT2D eigenvalue weighted by Gasteiger charge is 2.27. The van der Waals surface area contributed by atoms with Gasteiger partial charge in [0.05, 0.1) is 5.69 Å². The van der Waals surface area contributed by atoms with E-state index in [-0.39, 0.29) is 11.8 Å². The SMILES string of the molecule is Cc1ccccc1-c1ccc(N2CCC(C(=O)NC3CCCCC3)CC2)nn1. The zero-order chi connectivity index (χ0) is 19.3. The smallest absolute Gasteiger partial charge is 0.223 e. The van der Waals surface area contributed by atoms with Crippen LogP contribution < -0.4 is 10.2 Å². The van der Waals surface area contributed by atoms with Crippen LogP contribution in [0.4, 0.5) is 5.82 Å². The molecule has 148 valence electrons. The van der Waals surface area contributed by atoms with Crippen molar-refractivity contribution in [3.05, 3.63) is 42.0 Å². The van der Waals surface area contributed by atoms with Gasteiger partial charge < -0.3 is 10.2 Å². The molecule has 0 unspecified atom stereocenters. The first-order chi connectivity index (χ1) is 13.7. The summed E-state index contributed by atoms with van der Waals surface area (Å²) >= 11 is 0. The third kappa shape index (κ3) is 4.34. The van der Waals surface area contributed by atoms with Crippen molar-refractivity contribution >= 4 is 11.7 Å². The molecule has 0 radical (unpaired) electrons. The quantitative estimate of drug-likeness (QED) is 0.870. The molecule has 1 aromatic heterocycles. The maximum atomic E-state index is 12.6. The molecule has 5 nitrogen and oxygen atoms in total. The van der Waals surface area contributed by atoms with Crippen molar-refractivity contribution in [3.63, 3.8) is 0 Å². The minimum absolute atomic E-state index is 0.136. The molecule has 1 aliphatic carbocycles. The van der Waals surface area contributed by atoms with Crippen molar-refractivity contribution in [2.75, 3.05) is 18.0 Å². The van der Waals surface area contributed by atoms with E-state index in [1.54, 1.807) is 0 Å². The van der Waals surface area contributed by atoms with Crippen LogP contribution in [0.3, 0.4) is 0 Å². The Morgan fingerprint density at radius 3 is 2.39 bits per heavy atom. The largest absolute Gasteiger partial charge is 0.355 e. The van der Waals surface area contributed by atoms with Gasteiger partial charge in [-0.25, -0.2) is 0 Å². The van der Waals surface area contributed by atoms with E-state index < -0.39 is 0 Å². The number of carbonyl (C=O) groups is 1. The van der Waals surface area contributed by atoms with Crippen molar-refractivity contribution in [2.45, 2.75) is 57.9 Å². The van der Waals surface area contributed by atoms with E-state index in [0.29, 0.717) is 6.04 Å². The number of anilines is 1. The fourth-order valence-corrected chi connectivity index (χ4v) is 4.43. The Bertz CT molecular complexity index is 791. The number of aryl methyl sites for hydroxylation is 1. The van der Waals surface area contributed by atoms with Crippen LogP contribution >= 0.6 is 0 Å². The number of aromatic nitrogens is 2. The minimum Gasteiger partial charge on any atom is -0.355 e. The predicted octanol–water partition coefficient (Wildman–Crippen LogP) is 4.12. The van der Waals surface area contributed by atoms with Crippen LogP contribution in [0.2, 0.25) is 0 Å². The maximum absolute atomic E-state index is 12.6. The molecule has 2 aliphatic rings. The van der Waals surface area contributed by atoms with E-state index in [2.05, 4.69) is 45.5 Å². The average molecular weight is 379 g/mol. The molecule has 1 N–H and O–H groups in total. The Balaban J connectivity index is 1.32. The summed E-state index contributed by atoms with van der Waals surface area (Å²) in [7, 11) is 0. The summed E-state index contributed by atoms with van der Waals surface area (Å²) in [6.07, 6.45) is 7.88. The average Bonchev–Trinajstić information content (AvgIpc) is 2.75. The number of benzene rings is 1. The van der Waals surface area contributed by atoms with E-state index >= 15 is 0 Å². The fraction of sp³-hybridized carbons (Fsp3) is 0.522. The van der Waals surface area contributed by atoms with Gasteiger partial charge in [-0.3, -0.25) is 4.79 Å². The number of nitrogens with zero attached hydrogens (tertiary/aromatic N) is 3. The van der Waals surface area contributed by atoms with E-state index in [1.807, 2.05) is 18.2 Å². The van der Waals surface area contributed by atoms with Gasteiger partial charge in [-0.2, -0.15) is 0 Å². The number of nitrogens with one attached hydrogen (secondary N) is 1. The van der Waals surface area contributed by atoms with Crippen molar-refractivity contribution in [2.24, 2.45) is 5.92 Å². The van der Waals surface area contributed by atoms with Gasteiger partial charge in [0.1, 0.15) is 0 Å². The van der Waals surface area contributed by atoms with Crippen LogP contribution in [0.25, 0.3) is 11.3 Å². The molecule has 1 aliphatic heterocycles. The Morgan fingerprint density at radius 2 is 1.71 bits per heavy atom. The highest BCUT2D eigenvalue weighted by atomic mass is 16.1. The summed E-state index contributed by atoms with van der Waals surface area (Å²) in [6.45, 7) is 3.82. The van der Waals surface area contributed by atoms with E-state index in [4.69, 9.17) is 0 Å².